The molecule has 1 rings (SSSR count). The van der Waals surface area contributed by atoms with Crippen molar-refractivity contribution in [2.24, 2.45) is 5.84 Å². The van der Waals surface area contributed by atoms with E-state index in [1.807, 2.05) is 32.2 Å². The molecule has 0 unspecified atom stereocenters. The Morgan fingerprint density at radius 1 is 1.44 bits per heavy atom. The van der Waals surface area contributed by atoms with Crippen LogP contribution in [0.4, 0.5) is 0 Å². The molecule has 0 aliphatic rings. The molecule has 0 bridgehead atoms. The molecule has 0 saturated heterocycles. The van der Waals surface area contributed by atoms with Crippen LogP contribution in [0.5, 0.6) is 0 Å². The van der Waals surface area contributed by atoms with E-state index in [1.54, 1.807) is 6.07 Å². The molecule has 100 valence electrons. The Bertz CT molecular complexity index is 382. The summed E-state index contributed by atoms with van der Waals surface area (Å²) in [6.45, 7) is 4.90. The summed E-state index contributed by atoms with van der Waals surface area (Å²) in [6, 6.07) is 7.45. The summed E-state index contributed by atoms with van der Waals surface area (Å²) in [5, 5.41) is 0. The lowest BCUT2D eigenvalue weighted by Crippen LogP contribution is -2.32. The lowest BCUT2D eigenvalue weighted by molar-refractivity contribution is 0.0951. The number of amides is 1. The Morgan fingerprint density at radius 3 is 2.83 bits per heavy atom. The Kier molecular flexibility index (Phi) is 6.35. The predicted octanol–water partition coefficient (Wildman–Crippen LogP) is 0.758. The van der Waals surface area contributed by atoms with Gasteiger partial charge in [-0.1, -0.05) is 18.2 Å². The Labute approximate surface area is 108 Å². The number of ether oxygens (including phenoxy) is 1. The van der Waals surface area contributed by atoms with Crippen molar-refractivity contribution in [1.82, 2.24) is 10.3 Å². The number of nitrogens with two attached hydrogens (primary N) is 1. The van der Waals surface area contributed by atoms with Gasteiger partial charge in [0.05, 0.1) is 6.61 Å². The zero-order chi connectivity index (χ0) is 13.4. The van der Waals surface area contributed by atoms with Crippen LogP contribution in [0.1, 0.15) is 22.8 Å². The third-order valence-corrected chi connectivity index (χ3v) is 2.65. The smallest absolute Gasteiger partial charge is 0.265 e. The Morgan fingerprint density at radius 2 is 2.17 bits per heavy atom. The van der Waals surface area contributed by atoms with Gasteiger partial charge in [0, 0.05) is 25.3 Å². The Balaban J connectivity index is 2.63. The van der Waals surface area contributed by atoms with E-state index in [9.17, 15) is 4.79 Å². The van der Waals surface area contributed by atoms with Crippen LogP contribution < -0.4 is 11.3 Å². The number of hydrogen-bond donors (Lipinski definition) is 2. The van der Waals surface area contributed by atoms with Crippen molar-refractivity contribution in [2.75, 3.05) is 26.8 Å². The number of carbonyl (C=O) groups is 1. The van der Waals surface area contributed by atoms with Gasteiger partial charge in [-0.3, -0.25) is 15.1 Å². The standard InChI is InChI=1S/C13H21N3O2/c1-3-18-9-8-16(2)10-11-6-4-5-7-12(11)13(17)15-14/h4-7H,3,8-10,14H2,1-2H3,(H,15,17). The summed E-state index contributed by atoms with van der Waals surface area (Å²) in [6.07, 6.45) is 0. The van der Waals surface area contributed by atoms with Gasteiger partial charge in [0.1, 0.15) is 0 Å². The molecule has 0 aliphatic carbocycles. The van der Waals surface area contributed by atoms with Crippen molar-refractivity contribution in [1.29, 1.82) is 0 Å². The van der Waals surface area contributed by atoms with E-state index in [0.717, 1.165) is 18.7 Å². The molecular formula is C13H21N3O2. The van der Waals surface area contributed by atoms with Crippen molar-refractivity contribution < 1.29 is 9.53 Å². The maximum absolute atomic E-state index is 11.6. The number of nitrogens with one attached hydrogen (secondary N) is 1. The van der Waals surface area contributed by atoms with Crippen LogP contribution in [0.25, 0.3) is 0 Å². The molecule has 1 amide bonds. The van der Waals surface area contributed by atoms with Gasteiger partial charge in [-0.25, -0.2) is 5.84 Å². The average molecular weight is 251 g/mol. The van der Waals surface area contributed by atoms with Gasteiger partial charge in [-0.05, 0) is 25.6 Å². The molecule has 5 heteroatoms. The molecule has 1 aromatic carbocycles. The highest BCUT2D eigenvalue weighted by molar-refractivity contribution is 5.95. The van der Waals surface area contributed by atoms with Gasteiger partial charge in [0.15, 0.2) is 0 Å². The van der Waals surface area contributed by atoms with Gasteiger partial charge >= 0.3 is 0 Å². The lowest BCUT2D eigenvalue weighted by atomic mass is 10.1. The summed E-state index contributed by atoms with van der Waals surface area (Å²) in [7, 11) is 2.00. The van der Waals surface area contributed by atoms with Crippen LogP contribution in [-0.2, 0) is 11.3 Å². The van der Waals surface area contributed by atoms with E-state index in [1.165, 1.54) is 0 Å². The fourth-order valence-electron chi connectivity index (χ4n) is 1.69. The van der Waals surface area contributed by atoms with Gasteiger partial charge in [0.2, 0.25) is 0 Å². The molecule has 0 aliphatic heterocycles. The largest absolute Gasteiger partial charge is 0.380 e. The third kappa shape index (κ3) is 4.44. The molecule has 0 aromatic heterocycles. The van der Waals surface area contributed by atoms with Crippen molar-refractivity contribution in [2.45, 2.75) is 13.5 Å². The zero-order valence-electron chi connectivity index (χ0n) is 11.0. The minimum atomic E-state index is -0.260. The summed E-state index contributed by atoms with van der Waals surface area (Å²) in [5.41, 5.74) is 3.74. The van der Waals surface area contributed by atoms with Gasteiger partial charge < -0.3 is 4.74 Å². The van der Waals surface area contributed by atoms with Crippen molar-refractivity contribution in [3.8, 4) is 0 Å². The number of carbonyl (C=O) groups excluding carboxylic acids is 1. The molecule has 1 aromatic rings. The molecule has 18 heavy (non-hydrogen) atoms. The fraction of sp³-hybridized carbons (Fsp3) is 0.462. The first-order chi connectivity index (χ1) is 8.69. The van der Waals surface area contributed by atoms with Crippen LogP contribution in [0, 0.1) is 0 Å². The predicted molar refractivity (Wildman–Crippen MR) is 70.9 cm³/mol. The lowest BCUT2D eigenvalue weighted by Gasteiger charge is -2.18. The van der Waals surface area contributed by atoms with E-state index in [0.29, 0.717) is 18.7 Å². The summed E-state index contributed by atoms with van der Waals surface area (Å²) in [5.74, 6) is 4.91. The van der Waals surface area contributed by atoms with Gasteiger partial charge in [-0.15, -0.1) is 0 Å². The van der Waals surface area contributed by atoms with E-state index >= 15 is 0 Å². The normalized spacial score (nSPS) is 10.7. The quantitative estimate of drug-likeness (QED) is 0.325. The molecule has 3 N–H and O–H groups in total. The number of nitrogen functional groups attached to an aromatic ring is 1. The first kappa shape index (κ1) is 14.6. The SMILES string of the molecule is CCOCCN(C)Cc1ccccc1C(=O)NN. The monoisotopic (exact) mass is 251 g/mol. The summed E-state index contributed by atoms with van der Waals surface area (Å²) >= 11 is 0. The molecule has 0 heterocycles. The number of likely N-dealkylation sites (N-methyl/N-ethyl adjacent to an activating group) is 1. The first-order valence-corrected chi connectivity index (χ1v) is 6.04. The summed E-state index contributed by atoms with van der Waals surface area (Å²) < 4.78 is 5.30. The molecule has 0 radical (unpaired) electrons. The second-order valence-corrected chi connectivity index (χ2v) is 4.07. The number of benzene rings is 1. The van der Waals surface area contributed by atoms with Crippen LogP contribution >= 0.6 is 0 Å². The maximum atomic E-state index is 11.6. The topological polar surface area (TPSA) is 67.6 Å². The molecule has 0 spiro atoms. The van der Waals surface area contributed by atoms with Crippen molar-refractivity contribution >= 4 is 5.91 Å². The minimum Gasteiger partial charge on any atom is -0.380 e. The third-order valence-electron chi connectivity index (χ3n) is 2.65. The number of rotatable bonds is 7. The van der Waals surface area contributed by atoms with Crippen LogP contribution in [0.3, 0.4) is 0 Å². The molecule has 5 nitrogen and oxygen atoms in total. The van der Waals surface area contributed by atoms with E-state index < -0.39 is 0 Å². The van der Waals surface area contributed by atoms with E-state index in [4.69, 9.17) is 10.6 Å². The highest BCUT2D eigenvalue weighted by Crippen LogP contribution is 2.10. The second-order valence-electron chi connectivity index (χ2n) is 4.07. The molecule has 0 fully saturated rings. The summed E-state index contributed by atoms with van der Waals surface area (Å²) in [4.78, 5) is 13.7. The highest BCUT2D eigenvalue weighted by atomic mass is 16.5. The van der Waals surface area contributed by atoms with Crippen LogP contribution in [0.2, 0.25) is 0 Å². The number of hydrazine groups is 1. The number of nitrogens with zero attached hydrogens (tertiary/aromatic N) is 1. The first-order valence-electron chi connectivity index (χ1n) is 6.04. The highest BCUT2D eigenvalue weighted by Gasteiger charge is 2.10. The van der Waals surface area contributed by atoms with Gasteiger partial charge in [0.25, 0.3) is 5.91 Å². The maximum Gasteiger partial charge on any atom is 0.265 e. The molecule has 0 atom stereocenters. The molecular weight excluding hydrogens is 230 g/mol. The fourth-order valence-corrected chi connectivity index (χ4v) is 1.69. The van der Waals surface area contributed by atoms with Crippen LogP contribution in [0.15, 0.2) is 24.3 Å². The minimum absolute atomic E-state index is 0.260. The van der Waals surface area contributed by atoms with Gasteiger partial charge in [-0.2, -0.15) is 0 Å². The van der Waals surface area contributed by atoms with Crippen molar-refractivity contribution in [3.05, 3.63) is 35.4 Å². The second kappa shape index (κ2) is 7.81. The average Bonchev–Trinajstić information content (AvgIpc) is 2.39. The zero-order valence-corrected chi connectivity index (χ0v) is 11.0. The van der Waals surface area contributed by atoms with Crippen molar-refractivity contribution in [3.63, 3.8) is 0 Å². The number of hydrogen-bond acceptors (Lipinski definition) is 4. The van der Waals surface area contributed by atoms with E-state index in [2.05, 4.69) is 10.3 Å². The van der Waals surface area contributed by atoms with Crippen LogP contribution in [-0.4, -0.2) is 37.6 Å². The molecule has 0 saturated carbocycles. The van der Waals surface area contributed by atoms with E-state index in [-0.39, 0.29) is 5.91 Å². The Hall–Kier alpha value is -1.43.